The molecule has 0 amide bonds. The van der Waals surface area contributed by atoms with Crippen molar-refractivity contribution in [1.29, 1.82) is 0 Å². The third-order valence-electron chi connectivity index (χ3n) is 4.26. The lowest BCUT2D eigenvalue weighted by Crippen LogP contribution is -2.40. The summed E-state index contributed by atoms with van der Waals surface area (Å²) in [4.78, 5) is 8.93. The van der Waals surface area contributed by atoms with Crippen LogP contribution in [-0.4, -0.2) is 49.5 Å². The van der Waals surface area contributed by atoms with Crippen LogP contribution in [0.25, 0.3) is 0 Å². The zero-order valence-corrected chi connectivity index (χ0v) is 12.4. The van der Waals surface area contributed by atoms with Crippen LogP contribution in [0.4, 0.5) is 0 Å². The van der Waals surface area contributed by atoms with Gasteiger partial charge in [-0.1, -0.05) is 24.3 Å². The van der Waals surface area contributed by atoms with Crippen molar-refractivity contribution < 1.29 is 0 Å². The van der Waals surface area contributed by atoms with Crippen molar-refractivity contribution in [3.05, 3.63) is 35.4 Å². The number of rotatable bonds is 5. The molecule has 1 aromatic rings. The molecule has 1 aliphatic heterocycles. The number of nitrogens with two attached hydrogens (primary N) is 1. The Hall–Kier alpha value is -1.55. The summed E-state index contributed by atoms with van der Waals surface area (Å²) in [5, 5.41) is 0. The van der Waals surface area contributed by atoms with Gasteiger partial charge in [-0.25, -0.2) is 0 Å². The number of likely N-dealkylation sites (N-methyl/N-ethyl adjacent to an activating group) is 1. The highest BCUT2D eigenvalue weighted by Gasteiger charge is 2.33. The van der Waals surface area contributed by atoms with Crippen molar-refractivity contribution in [2.45, 2.75) is 24.8 Å². The van der Waals surface area contributed by atoms with E-state index in [1.165, 1.54) is 24.0 Å². The molecule has 4 nitrogen and oxygen atoms in total. The number of hydrogen-bond acceptors (Lipinski definition) is 4. The summed E-state index contributed by atoms with van der Waals surface area (Å²) in [7, 11) is 4.19. The first-order chi connectivity index (χ1) is 9.66. The summed E-state index contributed by atoms with van der Waals surface area (Å²) in [6.45, 7) is 2.73. The van der Waals surface area contributed by atoms with Gasteiger partial charge >= 0.3 is 0 Å². The molecule has 4 heteroatoms. The molecule has 0 saturated heterocycles. The summed E-state index contributed by atoms with van der Waals surface area (Å²) in [5.41, 5.74) is 9.03. The Balaban J connectivity index is 1.82. The maximum absolute atomic E-state index is 6.09. The summed E-state index contributed by atoms with van der Waals surface area (Å²) in [5.74, 6) is 1.46. The number of benzene rings is 1. The van der Waals surface area contributed by atoms with Gasteiger partial charge in [0.2, 0.25) is 0 Å². The van der Waals surface area contributed by atoms with Crippen LogP contribution >= 0.6 is 0 Å². The quantitative estimate of drug-likeness (QED) is 0.889. The lowest BCUT2D eigenvalue weighted by Gasteiger charge is -2.29. The first-order valence-electron chi connectivity index (χ1n) is 7.47. The molecule has 1 unspecified atom stereocenters. The highest BCUT2D eigenvalue weighted by Crippen LogP contribution is 2.44. The van der Waals surface area contributed by atoms with E-state index >= 15 is 0 Å². The second-order valence-corrected chi connectivity index (χ2v) is 6.11. The Morgan fingerprint density at radius 1 is 1.25 bits per heavy atom. The second-order valence-electron chi connectivity index (χ2n) is 6.11. The molecule has 1 atom stereocenters. The van der Waals surface area contributed by atoms with Crippen LogP contribution in [0, 0.1) is 0 Å². The molecule has 1 aromatic carbocycles. The molecule has 1 aliphatic carbocycles. The molecule has 0 bridgehead atoms. The lowest BCUT2D eigenvalue weighted by atomic mass is 9.96. The van der Waals surface area contributed by atoms with Gasteiger partial charge in [0.15, 0.2) is 5.96 Å². The van der Waals surface area contributed by atoms with E-state index in [-0.39, 0.29) is 0 Å². The Morgan fingerprint density at radius 3 is 2.60 bits per heavy atom. The van der Waals surface area contributed by atoms with E-state index in [4.69, 9.17) is 5.73 Å². The molecular formula is C16H24N4. The molecule has 1 saturated carbocycles. The Bertz CT molecular complexity index is 505. The van der Waals surface area contributed by atoms with Crippen LogP contribution in [0.15, 0.2) is 29.3 Å². The summed E-state index contributed by atoms with van der Waals surface area (Å²) in [6, 6.07) is 9.16. The predicted octanol–water partition coefficient (Wildman–Crippen LogP) is 1.80. The summed E-state index contributed by atoms with van der Waals surface area (Å²) >= 11 is 0. The molecule has 2 N–H and O–H groups in total. The fourth-order valence-electron chi connectivity index (χ4n) is 2.95. The van der Waals surface area contributed by atoms with Gasteiger partial charge in [0.1, 0.15) is 0 Å². The predicted molar refractivity (Wildman–Crippen MR) is 82.9 cm³/mol. The molecule has 0 aromatic heterocycles. The summed E-state index contributed by atoms with van der Waals surface area (Å²) < 4.78 is 0. The molecule has 3 rings (SSSR count). The average molecular weight is 272 g/mol. The van der Waals surface area contributed by atoms with Crippen molar-refractivity contribution in [3.8, 4) is 0 Å². The molecule has 20 heavy (non-hydrogen) atoms. The van der Waals surface area contributed by atoms with Gasteiger partial charge in [0, 0.05) is 13.1 Å². The van der Waals surface area contributed by atoms with Crippen LogP contribution in [0.3, 0.4) is 0 Å². The maximum Gasteiger partial charge on any atom is 0.191 e. The van der Waals surface area contributed by atoms with E-state index in [9.17, 15) is 0 Å². The number of guanidine groups is 1. The van der Waals surface area contributed by atoms with Crippen molar-refractivity contribution in [3.63, 3.8) is 0 Å². The van der Waals surface area contributed by atoms with Gasteiger partial charge in [-0.15, -0.1) is 0 Å². The van der Waals surface area contributed by atoms with Gasteiger partial charge in [0.25, 0.3) is 0 Å². The molecule has 1 heterocycles. The Kier molecular flexibility index (Phi) is 3.66. The van der Waals surface area contributed by atoms with Crippen molar-refractivity contribution in [1.82, 2.24) is 9.80 Å². The molecule has 0 radical (unpaired) electrons. The topological polar surface area (TPSA) is 44.9 Å². The molecule has 108 valence electrons. The van der Waals surface area contributed by atoms with E-state index in [0.29, 0.717) is 12.0 Å². The van der Waals surface area contributed by atoms with Crippen LogP contribution in [0.1, 0.15) is 35.9 Å². The first kappa shape index (κ1) is 13.4. The second kappa shape index (κ2) is 5.44. The van der Waals surface area contributed by atoms with Gasteiger partial charge in [-0.3, -0.25) is 4.99 Å². The highest BCUT2D eigenvalue weighted by molar-refractivity contribution is 5.80. The molecule has 0 spiro atoms. The van der Waals surface area contributed by atoms with E-state index in [1.54, 1.807) is 0 Å². The average Bonchev–Trinajstić information content (AvgIpc) is 3.21. The van der Waals surface area contributed by atoms with Crippen LogP contribution in [-0.2, 0) is 0 Å². The standard InChI is InChI=1S/C16H24N4/c1-19(2)9-10-20-15(11-18-16(20)17)14-6-4-3-5-13(14)12-7-8-12/h3-6,12,15H,7-11H2,1-2H3,(H2,17,18). The minimum atomic E-state index is 0.326. The maximum atomic E-state index is 6.09. The first-order valence-corrected chi connectivity index (χ1v) is 7.47. The molecule has 1 fully saturated rings. The van der Waals surface area contributed by atoms with E-state index in [1.807, 2.05) is 0 Å². The van der Waals surface area contributed by atoms with Crippen LogP contribution < -0.4 is 5.73 Å². The van der Waals surface area contributed by atoms with E-state index in [0.717, 1.165) is 25.6 Å². The minimum absolute atomic E-state index is 0.326. The molecule has 2 aliphatic rings. The number of nitrogens with zero attached hydrogens (tertiary/aromatic N) is 3. The van der Waals surface area contributed by atoms with Crippen molar-refractivity contribution in [2.75, 3.05) is 33.7 Å². The van der Waals surface area contributed by atoms with E-state index in [2.05, 4.69) is 53.2 Å². The van der Waals surface area contributed by atoms with Crippen LogP contribution in [0.5, 0.6) is 0 Å². The Labute approximate surface area is 121 Å². The largest absolute Gasteiger partial charge is 0.370 e. The molecular weight excluding hydrogens is 248 g/mol. The van der Waals surface area contributed by atoms with Gasteiger partial charge in [-0.05, 0) is 44.0 Å². The zero-order valence-electron chi connectivity index (χ0n) is 12.4. The number of aliphatic imine (C=N–C) groups is 1. The zero-order chi connectivity index (χ0) is 14.1. The smallest absolute Gasteiger partial charge is 0.191 e. The summed E-state index contributed by atoms with van der Waals surface area (Å²) in [6.07, 6.45) is 2.66. The lowest BCUT2D eigenvalue weighted by molar-refractivity contribution is 0.292. The highest BCUT2D eigenvalue weighted by atomic mass is 15.3. The van der Waals surface area contributed by atoms with Gasteiger partial charge in [-0.2, -0.15) is 0 Å². The van der Waals surface area contributed by atoms with E-state index < -0.39 is 0 Å². The minimum Gasteiger partial charge on any atom is -0.370 e. The third-order valence-corrected chi connectivity index (χ3v) is 4.26. The third kappa shape index (κ3) is 2.66. The SMILES string of the molecule is CN(C)CCN1C(N)=NCC1c1ccccc1C1CC1. The van der Waals surface area contributed by atoms with Gasteiger partial charge in [0.05, 0.1) is 12.6 Å². The van der Waals surface area contributed by atoms with Crippen molar-refractivity contribution in [2.24, 2.45) is 10.7 Å². The monoisotopic (exact) mass is 272 g/mol. The Morgan fingerprint density at radius 2 is 1.95 bits per heavy atom. The normalized spacial score (nSPS) is 22.4. The van der Waals surface area contributed by atoms with Crippen molar-refractivity contribution >= 4 is 5.96 Å². The fraction of sp³-hybridized carbons (Fsp3) is 0.562. The fourth-order valence-corrected chi connectivity index (χ4v) is 2.95. The van der Waals surface area contributed by atoms with Crippen LogP contribution in [0.2, 0.25) is 0 Å². The number of hydrogen-bond donors (Lipinski definition) is 1. The van der Waals surface area contributed by atoms with Gasteiger partial charge < -0.3 is 15.5 Å².